The van der Waals surface area contributed by atoms with Crippen LogP contribution < -0.4 is 10.2 Å². The number of benzene rings is 2. The number of hydrogen-bond donors (Lipinski definition) is 2. The Balaban J connectivity index is 1.63. The molecule has 0 radical (unpaired) electrons. The quantitative estimate of drug-likeness (QED) is 0.768. The van der Waals surface area contributed by atoms with Gasteiger partial charge < -0.3 is 5.32 Å². The van der Waals surface area contributed by atoms with Crippen LogP contribution in [0.15, 0.2) is 53.4 Å². The molecule has 2 aromatic rings. The molecule has 8 heteroatoms. The van der Waals surface area contributed by atoms with Crippen molar-refractivity contribution >= 4 is 15.9 Å². The van der Waals surface area contributed by atoms with Crippen molar-refractivity contribution in [2.75, 3.05) is 7.11 Å². The Kier molecular flexibility index (Phi) is 4.85. The van der Waals surface area contributed by atoms with Gasteiger partial charge in [-0.15, -0.1) is 0 Å². The molecule has 2 aromatic carbocycles. The summed E-state index contributed by atoms with van der Waals surface area (Å²) in [6, 6.07) is 11.8. The minimum Gasteiger partial charge on any atom is -0.349 e. The smallest absolute Gasteiger partial charge is 0.262 e. The molecule has 0 spiro atoms. The van der Waals surface area contributed by atoms with E-state index in [9.17, 15) is 17.6 Å². The van der Waals surface area contributed by atoms with Gasteiger partial charge in [0, 0.05) is 17.5 Å². The number of nitrogens with one attached hydrogen (secondary N) is 2. The van der Waals surface area contributed by atoms with Crippen molar-refractivity contribution in [3.05, 3.63) is 65.5 Å². The molecule has 1 saturated carbocycles. The van der Waals surface area contributed by atoms with E-state index in [1.54, 1.807) is 6.07 Å². The molecular weight excluding hydrogens is 347 g/mol. The molecule has 1 fully saturated rings. The lowest BCUT2D eigenvalue weighted by atomic mass is 10.1. The molecule has 1 aliphatic carbocycles. The molecule has 0 aliphatic heterocycles. The third kappa shape index (κ3) is 4.04. The summed E-state index contributed by atoms with van der Waals surface area (Å²) in [5, 5.41) is 2.87. The summed E-state index contributed by atoms with van der Waals surface area (Å²) < 4.78 is 36.8. The second kappa shape index (κ2) is 6.91. The van der Waals surface area contributed by atoms with Gasteiger partial charge >= 0.3 is 0 Å². The average molecular weight is 364 g/mol. The Hall–Kier alpha value is -2.29. The van der Waals surface area contributed by atoms with Crippen LogP contribution in [-0.2, 0) is 14.9 Å². The number of carbonyl (C=O) groups excluding carboxylic acids is 1. The zero-order valence-electron chi connectivity index (χ0n) is 13.4. The lowest BCUT2D eigenvalue weighted by Gasteiger charge is -2.07. The lowest BCUT2D eigenvalue weighted by molar-refractivity contribution is 0.0950. The SMILES string of the molecule is CONS(=O)(=O)c1ccc(C(=O)N[C@H]2C[C@H]2c2cccc(F)c2)cc1. The molecule has 1 amide bonds. The summed E-state index contributed by atoms with van der Waals surface area (Å²) in [5.41, 5.74) is 1.21. The van der Waals surface area contributed by atoms with E-state index in [-0.39, 0.29) is 28.6 Å². The van der Waals surface area contributed by atoms with Gasteiger partial charge in [0.25, 0.3) is 15.9 Å². The van der Waals surface area contributed by atoms with Gasteiger partial charge in [0.1, 0.15) is 5.82 Å². The highest BCUT2D eigenvalue weighted by atomic mass is 32.2. The summed E-state index contributed by atoms with van der Waals surface area (Å²) in [4.78, 5) is 18.6. The summed E-state index contributed by atoms with van der Waals surface area (Å²) in [6.45, 7) is 0. The van der Waals surface area contributed by atoms with Gasteiger partial charge in [-0.05, 0) is 48.4 Å². The molecule has 2 N–H and O–H groups in total. The van der Waals surface area contributed by atoms with Gasteiger partial charge in [0.05, 0.1) is 12.0 Å². The lowest BCUT2D eigenvalue weighted by Crippen LogP contribution is -2.27. The van der Waals surface area contributed by atoms with Gasteiger partial charge in [0.15, 0.2) is 0 Å². The van der Waals surface area contributed by atoms with Gasteiger partial charge in [0.2, 0.25) is 0 Å². The van der Waals surface area contributed by atoms with E-state index in [0.717, 1.165) is 12.0 Å². The highest BCUT2D eigenvalue weighted by Crippen LogP contribution is 2.41. The van der Waals surface area contributed by atoms with Crippen molar-refractivity contribution in [3.63, 3.8) is 0 Å². The van der Waals surface area contributed by atoms with E-state index in [4.69, 9.17) is 0 Å². The molecule has 0 aromatic heterocycles. The van der Waals surface area contributed by atoms with E-state index in [1.165, 1.54) is 43.5 Å². The van der Waals surface area contributed by atoms with Gasteiger partial charge in [-0.1, -0.05) is 17.0 Å². The molecule has 0 heterocycles. The maximum Gasteiger partial charge on any atom is 0.262 e. The van der Waals surface area contributed by atoms with Gasteiger partial charge in [-0.3, -0.25) is 9.63 Å². The van der Waals surface area contributed by atoms with Crippen LogP contribution in [0.1, 0.15) is 28.3 Å². The van der Waals surface area contributed by atoms with Crippen LogP contribution in [0, 0.1) is 5.82 Å². The first-order valence-electron chi connectivity index (χ1n) is 7.62. The highest BCUT2D eigenvalue weighted by Gasteiger charge is 2.39. The predicted octanol–water partition coefficient (Wildman–Crippen LogP) is 1.95. The summed E-state index contributed by atoms with van der Waals surface area (Å²) in [5.74, 6) is -0.492. The van der Waals surface area contributed by atoms with E-state index in [0.29, 0.717) is 5.56 Å². The fraction of sp³-hybridized carbons (Fsp3) is 0.235. The number of sulfonamides is 1. The topological polar surface area (TPSA) is 84.5 Å². The number of hydrogen-bond acceptors (Lipinski definition) is 4. The maximum absolute atomic E-state index is 13.2. The molecule has 3 rings (SSSR count). The van der Waals surface area contributed by atoms with Crippen LogP contribution in [0.4, 0.5) is 4.39 Å². The van der Waals surface area contributed by atoms with Crippen LogP contribution in [0.2, 0.25) is 0 Å². The summed E-state index contributed by atoms with van der Waals surface area (Å²) >= 11 is 0. The van der Waals surface area contributed by atoms with Crippen molar-refractivity contribution < 1.29 is 22.4 Å². The fourth-order valence-corrected chi connectivity index (χ4v) is 3.47. The Morgan fingerprint density at radius 2 is 1.92 bits per heavy atom. The van der Waals surface area contributed by atoms with Crippen molar-refractivity contribution in [3.8, 4) is 0 Å². The average Bonchev–Trinajstić information content (AvgIpc) is 3.34. The van der Waals surface area contributed by atoms with Crippen LogP contribution >= 0.6 is 0 Å². The van der Waals surface area contributed by atoms with Gasteiger partial charge in [-0.2, -0.15) is 0 Å². The Bertz CT molecular complexity index is 884. The largest absolute Gasteiger partial charge is 0.349 e. The maximum atomic E-state index is 13.2. The second-order valence-electron chi connectivity index (χ2n) is 5.79. The first-order chi connectivity index (χ1) is 11.9. The van der Waals surface area contributed by atoms with Crippen LogP contribution in [0.3, 0.4) is 0 Å². The van der Waals surface area contributed by atoms with E-state index in [1.807, 2.05) is 11.0 Å². The molecule has 25 heavy (non-hydrogen) atoms. The van der Waals surface area contributed by atoms with Crippen molar-refractivity contribution in [2.45, 2.75) is 23.3 Å². The zero-order chi connectivity index (χ0) is 18.0. The predicted molar refractivity (Wildman–Crippen MR) is 88.8 cm³/mol. The number of halogens is 1. The molecule has 6 nitrogen and oxygen atoms in total. The monoisotopic (exact) mass is 364 g/mol. The van der Waals surface area contributed by atoms with Crippen LogP contribution in [-0.4, -0.2) is 27.5 Å². The number of amides is 1. The Morgan fingerprint density at radius 1 is 1.20 bits per heavy atom. The summed E-state index contributed by atoms with van der Waals surface area (Å²) in [6.07, 6.45) is 0.749. The van der Waals surface area contributed by atoms with E-state index >= 15 is 0 Å². The van der Waals surface area contributed by atoms with Crippen LogP contribution in [0.25, 0.3) is 0 Å². The fourth-order valence-electron chi connectivity index (χ4n) is 2.66. The highest BCUT2D eigenvalue weighted by molar-refractivity contribution is 7.89. The van der Waals surface area contributed by atoms with Crippen molar-refractivity contribution in [1.82, 2.24) is 10.2 Å². The minimum atomic E-state index is -3.75. The first-order valence-corrected chi connectivity index (χ1v) is 9.10. The molecule has 1 aliphatic rings. The standard InChI is InChI=1S/C17H17FN2O4S/c1-24-20-25(22,23)14-7-5-11(6-8-14)17(21)19-16-10-15(16)12-3-2-4-13(18)9-12/h2-9,15-16,20H,10H2,1H3,(H,19,21)/t15-,16-/m0/s1. The second-order valence-corrected chi connectivity index (χ2v) is 7.44. The first kappa shape index (κ1) is 17.5. The molecule has 2 atom stereocenters. The molecule has 0 unspecified atom stereocenters. The number of rotatable bonds is 6. The molecule has 132 valence electrons. The third-order valence-electron chi connectivity index (χ3n) is 4.00. The zero-order valence-corrected chi connectivity index (χ0v) is 14.2. The summed E-state index contributed by atoms with van der Waals surface area (Å²) in [7, 11) is -2.55. The van der Waals surface area contributed by atoms with Crippen molar-refractivity contribution in [2.24, 2.45) is 0 Å². The third-order valence-corrected chi connectivity index (χ3v) is 5.28. The van der Waals surface area contributed by atoms with Crippen molar-refractivity contribution in [1.29, 1.82) is 0 Å². The minimum absolute atomic E-state index is 0.00467. The van der Waals surface area contributed by atoms with E-state index in [2.05, 4.69) is 10.2 Å². The number of carbonyl (C=O) groups is 1. The molecule has 0 saturated heterocycles. The normalized spacial score (nSPS) is 19.4. The van der Waals surface area contributed by atoms with Gasteiger partial charge in [-0.25, -0.2) is 12.8 Å². The van der Waals surface area contributed by atoms with Crippen LogP contribution in [0.5, 0.6) is 0 Å². The molecular formula is C17H17FN2O4S. The Morgan fingerprint density at radius 3 is 2.56 bits per heavy atom. The van der Waals surface area contributed by atoms with E-state index < -0.39 is 10.0 Å². The Labute approximate surface area is 145 Å². The molecule has 0 bridgehead atoms.